The third-order valence-electron chi connectivity index (χ3n) is 4.37. The number of rotatable bonds is 5. The Labute approximate surface area is 154 Å². The number of halogens is 1. The number of carbonyl (C=O) groups is 1. The van der Waals surface area contributed by atoms with Crippen LogP contribution in [0.3, 0.4) is 0 Å². The number of aryl methyl sites for hydroxylation is 1. The Kier molecular flexibility index (Phi) is 6.99. The molecule has 2 heterocycles. The van der Waals surface area contributed by atoms with E-state index in [9.17, 15) is 4.79 Å². The van der Waals surface area contributed by atoms with Crippen molar-refractivity contribution in [3.8, 4) is 0 Å². The van der Waals surface area contributed by atoms with Crippen molar-refractivity contribution in [3.05, 3.63) is 52.8 Å². The van der Waals surface area contributed by atoms with Crippen molar-refractivity contribution in [3.63, 3.8) is 0 Å². The van der Waals surface area contributed by atoms with Crippen molar-refractivity contribution in [2.24, 2.45) is 0 Å². The number of hydrogen-bond acceptors (Lipinski definition) is 4. The molecule has 1 saturated heterocycles. The van der Waals surface area contributed by atoms with Crippen LogP contribution in [0.4, 0.5) is 0 Å². The Bertz CT molecular complexity index is 697. The first-order valence-corrected chi connectivity index (χ1v) is 8.32. The molecule has 1 aliphatic rings. The summed E-state index contributed by atoms with van der Waals surface area (Å²) in [6.45, 7) is 7.18. The maximum Gasteiger partial charge on any atom is 0.250 e. The predicted octanol–water partition coefficient (Wildman–Crippen LogP) is 1.57. The second kappa shape index (κ2) is 8.99. The van der Waals surface area contributed by atoms with E-state index in [1.165, 1.54) is 5.56 Å². The summed E-state index contributed by atoms with van der Waals surface area (Å²) >= 11 is 0. The number of ether oxygens (including phenoxy) is 1. The van der Waals surface area contributed by atoms with Crippen LogP contribution < -0.4 is 10.6 Å². The molecule has 3 rings (SSSR count). The average Bonchev–Trinajstić information content (AvgIpc) is 2.88. The molecule has 1 amide bonds. The second-order valence-corrected chi connectivity index (χ2v) is 6.07. The van der Waals surface area contributed by atoms with E-state index in [0.717, 1.165) is 30.0 Å². The summed E-state index contributed by atoms with van der Waals surface area (Å²) in [7, 11) is 0. The van der Waals surface area contributed by atoms with Crippen molar-refractivity contribution in [2.75, 3.05) is 19.7 Å². The lowest BCUT2D eigenvalue weighted by Gasteiger charge is -2.22. The van der Waals surface area contributed by atoms with Crippen molar-refractivity contribution in [2.45, 2.75) is 33.0 Å². The molecule has 1 aromatic carbocycles. The summed E-state index contributed by atoms with van der Waals surface area (Å²) in [6.07, 6.45) is -0.404. The normalized spacial score (nSPS) is 17.0. The van der Waals surface area contributed by atoms with Gasteiger partial charge in [-0.1, -0.05) is 30.3 Å². The monoisotopic (exact) mass is 364 g/mol. The zero-order valence-corrected chi connectivity index (χ0v) is 15.4. The minimum atomic E-state index is -0.404. The first-order chi connectivity index (χ1) is 11.6. The molecule has 0 radical (unpaired) electrons. The van der Waals surface area contributed by atoms with Gasteiger partial charge in [-0.05, 0) is 19.4 Å². The summed E-state index contributed by atoms with van der Waals surface area (Å²) in [6, 6.07) is 10.2. The van der Waals surface area contributed by atoms with Crippen molar-refractivity contribution < 1.29 is 9.53 Å². The molecule has 0 aliphatic carbocycles. The minimum absolute atomic E-state index is 0. The number of nitrogens with zero attached hydrogens (tertiary/aromatic N) is 2. The van der Waals surface area contributed by atoms with Gasteiger partial charge in [-0.3, -0.25) is 9.48 Å². The molecule has 0 saturated carbocycles. The van der Waals surface area contributed by atoms with Gasteiger partial charge >= 0.3 is 0 Å². The largest absolute Gasteiger partial charge is 0.366 e. The van der Waals surface area contributed by atoms with Crippen LogP contribution in [0.25, 0.3) is 0 Å². The molecular weight excluding hydrogens is 340 g/mol. The van der Waals surface area contributed by atoms with Gasteiger partial charge in [0.25, 0.3) is 5.91 Å². The van der Waals surface area contributed by atoms with Gasteiger partial charge in [0.05, 0.1) is 18.8 Å². The minimum Gasteiger partial charge on any atom is -0.366 e. The third-order valence-corrected chi connectivity index (χ3v) is 4.37. The van der Waals surface area contributed by atoms with Crippen molar-refractivity contribution in [1.82, 2.24) is 20.4 Å². The summed E-state index contributed by atoms with van der Waals surface area (Å²) in [5.41, 5.74) is 4.31. The Hall–Kier alpha value is -1.89. The molecule has 25 heavy (non-hydrogen) atoms. The molecule has 0 spiro atoms. The number of nitrogens with one attached hydrogen (secondary N) is 2. The topological polar surface area (TPSA) is 68.2 Å². The highest BCUT2D eigenvalue weighted by Crippen LogP contribution is 2.15. The molecule has 2 aromatic rings. The van der Waals surface area contributed by atoms with Gasteiger partial charge in [0.1, 0.15) is 6.10 Å². The fourth-order valence-electron chi connectivity index (χ4n) is 2.92. The van der Waals surface area contributed by atoms with E-state index >= 15 is 0 Å². The molecule has 1 fully saturated rings. The third kappa shape index (κ3) is 4.81. The van der Waals surface area contributed by atoms with E-state index in [0.29, 0.717) is 19.7 Å². The van der Waals surface area contributed by atoms with E-state index < -0.39 is 6.10 Å². The summed E-state index contributed by atoms with van der Waals surface area (Å²) in [5.74, 6) is -0.0724. The lowest BCUT2D eigenvalue weighted by atomic mass is 10.2. The van der Waals surface area contributed by atoms with E-state index in [2.05, 4.69) is 27.9 Å². The van der Waals surface area contributed by atoms with Crippen LogP contribution in [0, 0.1) is 13.8 Å². The van der Waals surface area contributed by atoms with Crippen LogP contribution >= 0.6 is 12.4 Å². The Balaban J connectivity index is 0.00000225. The number of benzene rings is 1. The van der Waals surface area contributed by atoms with E-state index in [4.69, 9.17) is 4.74 Å². The van der Waals surface area contributed by atoms with Gasteiger partial charge < -0.3 is 15.4 Å². The zero-order chi connectivity index (χ0) is 16.9. The Morgan fingerprint density at radius 2 is 2.12 bits per heavy atom. The van der Waals surface area contributed by atoms with Crippen LogP contribution in [0.5, 0.6) is 0 Å². The highest BCUT2D eigenvalue weighted by molar-refractivity contribution is 5.85. The van der Waals surface area contributed by atoms with Gasteiger partial charge in [0.2, 0.25) is 0 Å². The second-order valence-electron chi connectivity index (χ2n) is 6.07. The first-order valence-electron chi connectivity index (χ1n) is 8.32. The molecule has 0 bridgehead atoms. The lowest BCUT2D eigenvalue weighted by molar-refractivity contribution is -0.134. The van der Waals surface area contributed by atoms with Crippen LogP contribution in [0.1, 0.15) is 22.5 Å². The molecule has 1 aliphatic heterocycles. The lowest BCUT2D eigenvalue weighted by Crippen LogP contribution is -2.47. The molecule has 1 aromatic heterocycles. The standard InChI is InChI=1S/C18H24N4O2.ClH/c1-13-16(10-20-18(23)17-11-19-8-9-24-17)14(2)22(21-13)12-15-6-4-3-5-7-15;/h3-7,17,19H,8-12H2,1-2H3,(H,20,23);1H. The first kappa shape index (κ1) is 19.4. The average molecular weight is 365 g/mol. The SMILES string of the molecule is Cc1nn(Cc2ccccc2)c(C)c1CNC(=O)C1CNCCO1.Cl. The van der Waals surface area contributed by atoms with Crippen LogP contribution in [-0.4, -0.2) is 41.5 Å². The van der Waals surface area contributed by atoms with Crippen LogP contribution in [0.15, 0.2) is 30.3 Å². The zero-order valence-electron chi connectivity index (χ0n) is 14.6. The van der Waals surface area contributed by atoms with Crippen molar-refractivity contribution >= 4 is 18.3 Å². The van der Waals surface area contributed by atoms with Crippen LogP contribution in [-0.2, 0) is 22.6 Å². The van der Waals surface area contributed by atoms with Gasteiger partial charge in [-0.25, -0.2) is 0 Å². The number of amides is 1. The quantitative estimate of drug-likeness (QED) is 0.845. The maximum absolute atomic E-state index is 12.2. The Morgan fingerprint density at radius 1 is 1.36 bits per heavy atom. The summed E-state index contributed by atoms with van der Waals surface area (Å²) < 4.78 is 7.47. The fraction of sp³-hybridized carbons (Fsp3) is 0.444. The molecule has 1 unspecified atom stereocenters. The highest BCUT2D eigenvalue weighted by atomic mass is 35.5. The van der Waals surface area contributed by atoms with Gasteiger partial charge in [0.15, 0.2) is 0 Å². The Morgan fingerprint density at radius 3 is 2.80 bits per heavy atom. The highest BCUT2D eigenvalue weighted by Gasteiger charge is 2.22. The molecule has 136 valence electrons. The fourth-order valence-corrected chi connectivity index (χ4v) is 2.92. The summed E-state index contributed by atoms with van der Waals surface area (Å²) in [4.78, 5) is 12.2. The summed E-state index contributed by atoms with van der Waals surface area (Å²) in [5, 5.41) is 10.8. The smallest absolute Gasteiger partial charge is 0.250 e. The van der Waals surface area contributed by atoms with E-state index in [1.807, 2.05) is 36.7 Å². The van der Waals surface area contributed by atoms with Gasteiger partial charge in [-0.15, -0.1) is 12.4 Å². The number of aromatic nitrogens is 2. The number of hydrogen-bond donors (Lipinski definition) is 2. The molecule has 2 N–H and O–H groups in total. The van der Waals surface area contributed by atoms with Gasteiger partial charge in [0, 0.05) is 30.9 Å². The molecule has 6 nitrogen and oxygen atoms in total. The van der Waals surface area contributed by atoms with Crippen LogP contribution in [0.2, 0.25) is 0 Å². The molecular formula is C18H25ClN4O2. The van der Waals surface area contributed by atoms with E-state index in [-0.39, 0.29) is 18.3 Å². The number of morpholine rings is 1. The molecule has 7 heteroatoms. The molecule has 1 atom stereocenters. The van der Waals surface area contributed by atoms with Crippen molar-refractivity contribution in [1.29, 1.82) is 0 Å². The number of carbonyl (C=O) groups excluding carboxylic acids is 1. The van der Waals surface area contributed by atoms with E-state index in [1.54, 1.807) is 0 Å². The predicted molar refractivity (Wildman–Crippen MR) is 98.9 cm³/mol. The maximum atomic E-state index is 12.2. The van der Waals surface area contributed by atoms with Gasteiger partial charge in [-0.2, -0.15) is 5.10 Å².